The fourth-order valence-electron chi connectivity index (χ4n) is 2.75. The van der Waals surface area contributed by atoms with Gasteiger partial charge in [-0.1, -0.05) is 0 Å². The highest BCUT2D eigenvalue weighted by Crippen LogP contribution is 2.48. The Morgan fingerprint density at radius 3 is 2.45 bits per heavy atom. The number of hydrogen-bond donors (Lipinski definition) is 1. The minimum atomic E-state index is -5.84. The van der Waals surface area contributed by atoms with E-state index in [-0.39, 0.29) is 24.0 Å². The van der Waals surface area contributed by atoms with Gasteiger partial charge in [-0.25, -0.2) is 4.79 Å². The lowest BCUT2D eigenvalue weighted by Crippen LogP contribution is -2.39. The highest BCUT2D eigenvalue weighted by Gasteiger charge is 2.54. The minimum absolute atomic E-state index is 0.0509. The van der Waals surface area contributed by atoms with Crippen molar-refractivity contribution in [1.29, 1.82) is 0 Å². The number of carbonyl (C=O) groups is 2. The normalized spacial score (nSPS) is 29.8. The lowest BCUT2D eigenvalue weighted by atomic mass is 9.76. The standard InChI is InChI=1S/C11H14F2O6S/c12-11(13,20(16,17)18)10(15)19-4-3-7-5-6-1-2-8(6)9(7)14/h6-8H,1-5H2,(H,16,17,18). The maximum atomic E-state index is 12.9. The van der Waals surface area contributed by atoms with Crippen molar-refractivity contribution in [2.24, 2.45) is 17.8 Å². The Labute approximate surface area is 114 Å². The molecule has 0 aromatic heterocycles. The van der Waals surface area contributed by atoms with Gasteiger partial charge in [0.05, 0.1) is 6.61 Å². The molecule has 3 atom stereocenters. The zero-order chi connectivity index (χ0) is 15.1. The molecule has 2 aliphatic carbocycles. The summed E-state index contributed by atoms with van der Waals surface area (Å²) in [5.74, 6) is -2.18. The van der Waals surface area contributed by atoms with Gasteiger partial charge in [0.1, 0.15) is 5.78 Å². The quantitative estimate of drug-likeness (QED) is 0.601. The number of ketones is 1. The molecule has 0 bridgehead atoms. The molecule has 2 rings (SSSR count). The molecule has 20 heavy (non-hydrogen) atoms. The van der Waals surface area contributed by atoms with Crippen molar-refractivity contribution in [2.75, 3.05) is 6.61 Å². The average Bonchev–Trinajstić information content (AvgIpc) is 2.49. The van der Waals surface area contributed by atoms with Gasteiger partial charge in [0.15, 0.2) is 0 Å². The first kappa shape index (κ1) is 15.3. The monoisotopic (exact) mass is 312 g/mol. The maximum absolute atomic E-state index is 12.9. The number of Topliss-reactive ketones (excluding diaryl/α,β-unsaturated/α-hetero) is 1. The first-order chi connectivity index (χ1) is 9.14. The smallest absolute Gasteiger partial charge is 0.460 e. The molecule has 2 fully saturated rings. The number of halogens is 2. The molecule has 0 aromatic rings. The maximum Gasteiger partial charge on any atom is 0.465 e. The van der Waals surface area contributed by atoms with E-state index < -0.39 is 27.9 Å². The van der Waals surface area contributed by atoms with Crippen LogP contribution in [0.15, 0.2) is 0 Å². The fraction of sp³-hybridized carbons (Fsp3) is 0.818. The Balaban J connectivity index is 1.82. The summed E-state index contributed by atoms with van der Waals surface area (Å²) in [6.45, 7) is -0.472. The molecule has 0 radical (unpaired) electrons. The van der Waals surface area contributed by atoms with E-state index in [0.717, 1.165) is 12.8 Å². The van der Waals surface area contributed by atoms with Crippen LogP contribution in [0.1, 0.15) is 25.7 Å². The Kier molecular flexibility index (Phi) is 3.85. The van der Waals surface area contributed by atoms with Gasteiger partial charge in [-0.2, -0.15) is 17.2 Å². The third-order valence-corrected chi connectivity index (χ3v) is 4.85. The van der Waals surface area contributed by atoms with E-state index in [2.05, 4.69) is 4.74 Å². The molecule has 0 aromatic carbocycles. The zero-order valence-corrected chi connectivity index (χ0v) is 11.2. The third-order valence-electron chi connectivity index (χ3n) is 4.03. The van der Waals surface area contributed by atoms with E-state index in [1.807, 2.05) is 0 Å². The summed E-state index contributed by atoms with van der Waals surface area (Å²) in [5, 5.41) is -4.98. The molecule has 9 heteroatoms. The first-order valence-electron chi connectivity index (χ1n) is 6.20. The SMILES string of the molecule is O=C1C(CCOC(=O)C(F)(F)S(=O)(=O)O)CC2CCC12. The second-order valence-electron chi connectivity index (χ2n) is 5.20. The third kappa shape index (κ3) is 2.56. The van der Waals surface area contributed by atoms with E-state index in [1.54, 1.807) is 0 Å². The summed E-state index contributed by atoms with van der Waals surface area (Å²) < 4.78 is 58.7. The lowest BCUT2D eigenvalue weighted by molar-refractivity contribution is -0.162. The largest absolute Gasteiger partial charge is 0.465 e. The number of rotatable bonds is 5. The van der Waals surface area contributed by atoms with Gasteiger partial charge in [-0.05, 0) is 31.6 Å². The second kappa shape index (κ2) is 5.03. The summed E-state index contributed by atoms with van der Waals surface area (Å²) in [6, 6.07) is 0. The van der Waals surface area contributed by atoms with Crippen molar-refractivity contribution in [3.8, 4) is 0 Å². The predicted molar refractivity (Wildman–Crippen MR) is 61.4 cm³/mol. The topological polar surface area (TPSA) is 97.7 Å². The van der Waals surface area contributed by atoms with Crippen LogP contribution in [0.2, 0.25) is 0 Å². The van der Waals surface area contributed by atoms with E-state index >= 15 is 0 Å². The molecule has 0 heterocycles. The molecule has 3 unspecified atom stereocenters. The van der Waals surface area contributed by atoms with Gasteiger partial charge in [-0.3, -0.25) is 9.35 Å². The van der Waals surface area contributed by atoms with Crippen molar-refractivity contribution in [3.63, 3.8) is 0 Å². The molecular weight excluding hydrogens is 298 g/mol. The Bertz CT molecular complexity index is 529. The van der Waals surface area contributed by atoms with Crippen molar-refractivity contribution in [2.45, 2.75) is 30.9 Å². The van der Waals surface area contributed by atoms with Crippen molar-refractivity contribution >= 4 is 21.9 Å². The van der Waals surface area contributed by atoms with E-state index in [0.29, 0.717) is 12.3 Å². The molecule has 2 saturated carbocycles. The van der Waals surface area contributed by atoms with Crippen LogP contribution in [0, 0.1) is 17.8 Å². The Morgan fingerprint density at radius 2 is 2.05 bits per heavy atom. The van der Waals surface area contributed by atoms with Crippen molar-refractivity contribution in [1.82, 2.24) is 0 Å². The summed E-state index contributed by atoms with van der Waals surface area (Å²) in [6.07, 6.45) is 2.59. The van der Waals surface area contributed by atoms with Crippen LogP contribution in [0.3, 0.4) is 0 Å². The van der Waals surface area contributed by atoms with Crippen molar-refractivity contribution < 1.29 is 36.1 Å². The summed E-state index contributed by atoms with van der Waals surface area (Å²) in [7, 11) is -5.84. The molecule has 0 amide bonds. The van der Waals surface area contributed by atoms with Gasteiger partial charge in [0, 0.05) is 11.8 Å². The van der Waals surface area contributed by atoms with Crippen LogP contribution in [0.5, 0.6) is 0 Å². The van der Waals surface area contributed by atoms with Gasteiger partial charge in [0.2, 0.25) is 0 Å². The Hall–Kier alpha value is -1.09. The van der Waals surface area contributed by atoms with Crippen LogP contribution < -0.4 is 0 Å². The van der Waals surface area contributed by atoms with Gasteiger partial charge >= 0.3 is 21.3 Å². The molecule has 0 aliphatic heterocycles. The van der Waals surface area contributed by atoms with Crippen molar-refractivity contribution in [3.05, 3.63) is 0 Å². The second-order valence-corrected chi connectivity index (χ2v) is 6.66. The van der Waals surface area contributed by atoms with Crippen LogP contribution in [0.4, 0.5) is 8.78 Å². The highest BCUT2D eigenvalue weighted by atomic mass is 32.2. The van der Waals surface area contributed by atoms with E-state index in [4.69, 9.17) is 4.55 Å². The predicted octanol–water partition coefficient (Wildman–Crippen LogP) is 1.02. The summed E-state index contributed by atoms with van der Waals surface area (Å²) >= 11 is 0. The van der Waals surface area contributed by atoms with Crippen LogP contribution in [-0.2, 0) is 24.4 Å². The molecule has 114 valence electrons. The fourth-order valence-corrected chi connectivity index (χ4v) is 3.02. The number of fused-ring (bicyclic) bond motifs is 1. The molecule has 1 N–H and O–H groups in total. The summed E-state index contributed by atoms with van der Waals surface area (Å²) in [5.41, 5.74) is 0. The summed E-state index contributed by atoms with van der Waals surface area (Å²) in [4.78, 5) is 22.7. The van der Waals surface area contributed by atoms with E-state index in [1.165, 1.54) is 0 Å². The molecule has 0 saturated heterocycles. The number of hydrogen-bond acceptors (Lipinski definition) is 5. The number of carbonyl (C=O) groups excluding carboxylic acids is 2. The van der Waals surface area contributed by atoms with Gasteiger partial charge in [0.25, 0.3) is 0 Å². The number of alkyl halides is 2. The van der Waals surface area contributed by atoms with Crippen LogP contribution >= 0.6 is 0 Å². The van der Waals surface area contributed by atoms with Gasteiger partial charge < -0.3 is 4.74 Å². The average molecular weight is 312 g/mol. The minimum Gasteiger partial charge on any atom is -0.460 e. The van der Waals surface area contributed by atoms with E-state index in [9.17, 15) is 26.8 Å². The highest BCUT2D eigenvalue weighted by molar-refractivity contribution is 7.87. The molecular formula is C11H14F2O6S. The molecule has 2 aliphatic rings. The van der Waals surface area contributed by atoms with Gasteiger partial charge in [-0.15, -0.1) is 0 Å². The number of esters is 1. The van der Waals surface area contributed by atoms with Crippen LogP contribution in [0.25, 0.3) is 0 Å². The lowest BCUT2D eigenvalue weighted by Gasteiger charge is -2.27. The molecule has 6 nitrogen and oxygen atoms in total. The number of ether oxygens (including phenoxy) is 1. The zero-order valence-electron chi connectivity index (χ0n) is 10.4. The first-order valence-corrected chi connectivity index (χ1v) is 7.64. The van der Waals surface area contributed by atoms with Crippen LogP contribution in [-0.4, -0.2) is 36.6 Å². The molecule has 0 spiro atoms. The Morgan fingerprint density at radius 1 is 1.40 bits per heavy atom.